The average molecular weight is 456 g/mol. The van der Waals surface area contributed by atoms with Crippen LogP contribution in [0.2, 0.25) is 0 Å². The van der Waals surface area contributed by atoms with Crippen LogP contribution in [0.3, 0.4) is 0 Å². The Morgan fingerprint density at radius 2 is 1.52 bits per heavy atom. The summed E-state index contributed by atoms with van der Waals surface area (Å²) in [4.78, 5) is 49.4. The first kappa shape index (κ1) is 25.4. The van der Waals surface area contributed by atoms with Crippen molar-refractivity contribution in [3.8, 4) is 11.5 Å². The second-order valence-corrected chi connectivity index (χ2v) is 7.33. The third-order valence-electron chi connectivity index (χ3n) is 4.54. The highest BCUT2D eigenvalue weighted by molar-refractivity contribution is 6.15. The summed E-state index contributed by atoms with van der Waals surface area (Å²) in [5.74, 6) is -1.70. The lowest BCUT2D eigenvalue weighted by Gasteiger charge is -2.20. The number of carbonyl (C=O) groups is 4. The Morgan fingerprint density at radius 3 is 2.09 bits per heavy atom. The van der Waals surface area contributed by atoms with E-state index in [1.165, 1.54) is 12.1 Å². The average Bonchev–Trinajstić information content (AvgIpc) is 2.77. The van der Waals surface area contributed by atoms with Gasteiger partial charge in [-0.25, -0.2) is 9.59 Å². The molecular formula is C24H28N2O7. The van der Waals surface area contributed by atoms with Gasteiger partial charge in [0, 0.05) is 11.1 Å². The molecule has 0 radical (unpaired) electrons. The van der Waals surface area contributed by atoms with Gasteiger partial charge in [-0.1, -0.05) is 32.0 Å². The molecule has 0 saturated carbocycles. The minimum absolute atomic E-state index is 0.0214. The van der Waals surface area contributed by atoms with Crippen LogP contribution in [-0.4, -0.2) is 43.0 Å². The summed E-state index contributed by atoms with van der Waals surface area (Å²) in [5.41, 5.74) is 5.34. The number of primary amides is 1. The van der Waals surface area contributed by atoms with Crippen LogP contribution in [-0.2, 0) is 9.53 Å². The van der Waals surface area contributed by atoms with Crippen LogP contribution in [0, 0.1) is 5.92 Å². The molecule has 0 aliphatic rings. The topological polar surface area (TPSA) is 134 Å². The van der Waals surface area contributed by atoms with Gasteiger partial charge in [-0.2, -0.15) is 0 Å². The molecule has 2 aromatic carbocycles. The van der Waals surface area contributed by atoms with Gasteiger partial charge in [0.05, 0.1) is 18.8 Å². The molecule has 0 unspecified atom stereocenters. The highest BCUT2D eigenvalue weighted by atomic mass is 16.5. The maximum atomic E-state index is 13.3. The largest absolute Gasteiger partial charge is 0.490 e. The van der Waals surface area contributed by atoms with Crippen LogP contribution >= 0.6 is 0 Å². The molecule has 0 fully saturated rings. The molecule has 176 valence electrons. The van der Waals surface area contributed by atoms with E-state index >= 15 is 0 Å². The number of carbonyl (C=O) groups excluding carboxylic acids is 4. The minimum atomic E-state index is -1.27. The Balaban J connectivity index is 2.37. The molecule has 0 spiro atoms. The second-order valence-electron chi connectivity index (χ2n) is 7.33. The number of benzene rings is 2. The summed E-state index contributed by atoms with van der Waals surface area (Å²) >= 11 is 0. The van der Waals surface area contributed by atoms with E-state index in [1.54, 1.807) is 44.2 Å². The Hall–Kier alpha value is -3.88. The summed E-state index contributed by atoms with van der Waals surface area (Å²) in [6.07, 6.45) is -1.27. The first-order valence-corrected chi connectivity index (χ1v) is 10.5. The molecule has 33 heavy (non-hydrogen) atoms. The van der Waals surface area contributed by atoms with Crippen LogP contribution in [0.5, 0.6) is 11.5 Å². The van der Waals surface area contributed by atoms with Crippen molar-refractivity contribution >= 4 is 23.7 Å². The number of ketones is 1. The second kappa shape index (κ2) is 11.7. The van der Waals surface area contributed by atoms with E-state index in [4.69, 9.17) is 19.9 Å². The quantitative estimate of drug-likeness (QED) is 0.414. The zero-order chi connectivity index (χ0) is 24.5. The summed E-state index contributed by atoms with van der Waals surface area (Å²) in [5, 5.41) is 1.91. The molecule has 2 aromatic rings. The molecule has 1 atom stereocenters. The van der Waals surface area contributed by atoms with Crippen molar-refractivity contribution in [1.29, 1.82) is 0 Å². The molecule has 3 N–H and O–H groups in total. The van der Waals surface area contributed by atoms with E-state index in [2.05, 4.69) is 0 Å². The number of amides is 3. The summed E-state index contributed by atoms with van der Waals surface area (Å²) in [6.45, 7) is 7.75. The predicted octanol–water partition coefficient (Wildman–Crippen LogP) is 3.09. The van der Waals surface area contributed by atoms with Gasteiger partial charge < -0.3 is 19.9 Å². The number of urea groups is 1. The monoisotopic (exact) mass is 456 g/mol. The summed E-state index contributed by atoms with van der Waals surface area (Å²) in [7, 11) is 0. The van der Waals surface area contributed by atoms with Crippen molar-refractivity contribution < 1.29 is 33.4 Å². The summed E-state index contributed by atoms with van der Waals surface area (Å²) in [6, 6.07) is 9.81. The number of nitrogens with one attached hydrogen (secondary N) is 1. The fourth-order valence-electron chi connectivity index (χ4n) is 3.07. The summed E-state index contributed by atoms with van der Waals surface area (Å²) < 4.78 is 16.5. The van der Waals surface area contributed by atoms with E-state index in [9.17, 15) is 19.2 Å². The normalized spacial score (nSPS) is 11.4. The zero-order valence-electron chi connectivity index (χ0n) is 19.0. The smallest absolute Gasteiger partial charge is 0.339 e. The maximum Gasteiger partial charge on any atom is 0.339 e. The van der Waals surface area contributed by atoms with E-state index in [0.29, 0.717) is 24.7 Å². The molecule has 3 amide bonds. The Bertz CT molecular complexity index is 1030. The number of hydrogen-bond donors (Lipinski definition) is 2. The van der Waals surface area contributed by atoms with Gasteiger partial charge in [0.1, 0.15) is 0 Å². The number of hydrogen-bond acceptors (Lipinski definition) is 7. The standard InChI is InChI=1S/C24H28N2O7/c1-5-31-18-12-11-15(13-19(18)32-6-2)20(27)16-9-7-8-10-17(16)23(29)33-21(14(3)4)22(28)26-24(25)30/h7-14,21H,5-6H2,1-4H3,(H3,25,26,28,30)/t21-/m0/s1. The van der Waals surface area contributed by atoms with Gasteiger partial charge in [-0.3, -0.25) is 14.9 Å². The molecule has 9 heteroatoms. The molecule has 2 rings (SSSR count). The van der Waals surface area contributed by atoms with Gasteiger partial charge in [0.25, 0.3) is 5.91 Å². The number of ether oxygens (including phenoxy) is 3. The highest BCUT2D eigenvalue weighted by Gasteiger charge is 2.29. The van der Waals surface area contributed by atoms with Crippen molar-refractivity contribution in [3.63, 3.8) is 0 Å². The third-order valence-corrected chi connectivity index (χ3v) is 4.54. The minimum Gasteiger partial charge on any atom is -0.490 e. The number of rotatable bonds is 10. The molecule has 9 nitrogen and oxygen atoms in total. The fraction of sp³-hybridized carbons (Fsp3) is 0.333. The number of esters is 1. The lowest BCUT2D eigenvalue weighted by molar-refractivity contribution is -0.130. The van der Waals surface area contributed by atoms with Crippen molar-refractivity contribution in [1.82, 2.24) is 5.32 Å². The molecule has 0 aliphatic heterocycles. The molecular weight excluding hydrogens is 428 g/mol. The van der Waals surface area contributed by atoms with Crippen LogP contribution in [0.1, 0.15) is 54.0 Å². The molecule has 0 bridgehead atoms. The lowest BCUT2D eigenvalue weighted by Crippen LogP contribution is -2.45. The van der Waals surface area contributed by atoms with Gasteiger partial charge in [-0.05, 0) is 44.0 Å². The van der Waals surface area contributed by atoms with Crippen molar-refractivity contribution in [3.05, 3.63) is 59.2 Å². The van der Waals surface area contributed by atoms with Crippen LogP contribution in [0.25, 0.3) is 0 Å². The Labute approximate surface area is 192 Å². The van der Waals surface area contributed by atoms with Crippen molar-refractivity contribution in [2.45, 2.75) is 33.8 Å². The fourth-order valence-corrected chi connectivity index (χ4v) is 3.07. The first-order chi connectivity index (χ1) is 15.7. The van der Waals surface area contributed by atoms with Crippen LogP contribution in [0.4, 0.5) is 4.79 Å². The molecule has 0 aromatic heterocycles. The zero-order valence-corrected chi connectivity index (χ0v) is 19.0. The van der Waals surface area contributed by atoms with Gasteiger partial charge in [-0.15, -0.1) is 0 Å². The Kier molecular flexibility index (Phi) is 8.97. The lowest BCUT2D eigenvalue weighted by atomic mass is 9.98. The van der Waals surface area contributed by atoms with Gasteiger partial charge >= 0.3 is 12.0 Å². The third kappa shape index (κ3) is 6.55. The van der Waals surface area contributed by atoms with Gasteiger partial charge in [0.15, 0.2) is 23.4 Å². The van der Waals surface area contributed by atoms with E-state index in [0.717, 1.165) is 0 Å². The number of nitrogens with two attached hydrogens (primary N) is 1. The Morgan fingerprint density at radius 1 is 0.909 bits per heavy atom. The number of imide groups is 1. The predicted molar refractivity (Wildman–Crippen MR) is 120 cm³/mol. The SMILES string of the molecule is CCOc1ccc(C(=O)c2ccccc2C(=O)O[C@H](C(=O)NC(N)=O)C(C)C)cc1OCC. The van der Waals surface area contributed by atoms with Crippen LogP contribution < -0.4 is 20.5 Å². The van der Waals surface area contributed by atoms with Crippen LogP contribution in [0.15, 0.2) is 42.5 Å². The van der Waals surface area contributed by atoms with E-state index in [-0.39, 0.29) is 16.7 Å². The van der Waals surface area contributed by atoms with Crippen molar-refractivity contribution in [2.75, 3.05) is 13.2 Å². The molecule has 0 saturated heterocycles. The van der Waals surface area contributed by atoms with E-state index < -0.39 is 35.7 Å². The molecule has 0 heterocycles. The first-order valence-electron chi connectivity index (χ1n) is 10.5. The highest BCUT2D eigenvalue weighted by Crippen LogP contribution is 2.30. The van der Waals surface area contributed by atoms with Crippen molar-refractivity contribution in [2.24, 2.45) is 11.7 Å². The maximum absolute atomic E-state index is 13.3. The van der Waals surface area contributed by atoms with Gasteiger partial charge in [0.2, 0.25) is 0 Å². The van der Waals surface area contributed by atoms with E-state index in [1.807, 2.05) is 19.2 Å². The molecule has 0 aliphatic carbocycles.